The highest BCUT2D eigenvalue weighted by Gasteiger charge is 2.32. The van der Waals surface area contributed by atoms with Crippen molar-refractivity contribution in [1.82, 2.24) is 9.13 Å². The summed E-state index contributed by atoms with van der Waals surface area (Å²) >= 11 is 5.81. The number of esters is 1. The second-order valence-electron chi connectivity index (χ2n) is 6.02. The minimum atomic E-state index is -1.26. The molecule has 8 heteroatoms. The Morgan fingerprint density at radius 1 is 1.12 bits per heavy atom. The molecule has 0 atom stereocenters. The molecular formula is C17H19ClN2O5. The summed E-state index contributed by atoms with van der Waals surface area (Å²) in [4.78, 5) is 35.9. The average Bonchev–Trinajstić information content (AvgIpc) is 2.56. The first-order chi connectivity index (χ1) is 11.6. The second kappa shape index (κ2) is 7.14. The van der Waals surface area contributed by atoms with E-state index >= 15 is 0 Å². The number of carbonyl (C=O) groups is 1. The van der Waals surface area contributed by atoms with E-state index in [1.165, 1.54) is 24.7 Å². The molecular weight excluding hydrogens is 348 g/mol. The molecule has 0 spiro atoms. The van der Waals surface area contributed by atoms with E-state index in [0.29, 0.717) is 16.5 Å². The van der Waals surface area contributed by atoms with Gasteiger partial charge in [-0.05, 0) is 38.1 Å². The monoisotopic (exact) mass is 366 g/mol. The molecule has 0 aliphatic carbocycles. The van der Waals surface area contributed by atoms with Crippen LogP contribution in [0.3, 0.4) is 0 Å². The molecule has 0 unspecified atom stereocenters. The smallest absolute Gasteiger partial charge is 0.350 e. The van der Waals surface area contributed by atoms with Gasteiger partial charge in [0.1, 0.15) is 12.4 Å². The summed E-state index contributed by atoms with van der Waals surface area (Å²) in [5.74, 6) is -0.164. The van der Waals surface area contributed by atoms with Gasteiger partial charge in [-0.15, -0.1) is 0 Å². The van der Waals surface area contributed by atoms with Gasteiger partial charge in [-0.25, -0.2) is 9.59 Å². The Bertz CT molecular complexity index is 897. The van der Waals surface area contributed by atoms with Crippen LogP contribution in [0.25, 0.3) is 0 Å². The molecule has 1 heterocycles. The van der Waals surface area contributed by atoms with Gasteiger partial charge >= 0.3 is 11.7 Å². The summed E-state index contributed by atoms with van der Waals surface area (Å²) in [6.45, 7) is 2.91. The zero-order chi connectivity index (χ0) is 18.8. The fourth-order valence-corrected chi connectivity index (χ4v) is 2.19. The summed E-state index contributed by atoms with van der Waals surface area (Å²) in [7, 11) is 2.88. The van der Waals surface area contributed by atoms with Gasteiger partial charge in [0.05, 0.1) is 5.69 Å². The number of rotatable bonds is 5. The maximum absolute atomic E-state index is 12.3. The molecule has 1 aromatic carbocycles. The largest absolute Gasteiger partial charge is 0.476 e. The van der Waals surface area contributed by atoms with Gasteiger partial charge in [-0.2, -0.15) is 0 Å². The van der Waals surface area contributed by atoms with Crippen molar-refractivity contribution < 1.29 is 14.3 Å². The Balaban J connectivity index is 2.10. The van der Waals surface area contributed by atoms with Crippen LogP contribution < -0.4 is 16.0 Å². The first-order valence-electron chi connectivity index (χ1n) is 7.49. The number of carbonyl (C=O) groups excluding carboxylic acids is 1. The van der Waals surface area contributed by atoms with Crippen molar-refractivity contribution in [3.8, 4) is 5.75 Å². The SMILES string of the molecule is Cn1c(COC(=O)C(C)(C)Oc2ccc(Cl)cc2)cc(=O)n(C)c1=O. The molecule has 0 bridgehead atoms. The van der Waals surface area contributed by atoms with Crippen molar-refractivity contribution in [2.45, 2.75) is 26.1 Å². The number of nitrogens with zero attached hydrogens (tertiary/aromatic N) is 2. The highest BCUT2D eigenvalue weighted by atomic mass is 35.5. The molecule has 1 aromatic heterocycles. The van der Waals surface area contributed by atoms with E-state index in [9.17, 15) is 14.4 Å². The number of benzene rings is 1. The molecule has 7 nitrogen and oxygen atoms in total. The zero-order valence-electron chi connectivity index (χ0n) is 14.4. The van der Waals surface area contributed by atoms with Crippen molar-refractivity contribution in [2.75, 3.05) is 0 Å². The summed E-state index contributed by atoms with van der Waals surface area (Å²) < 4.78 is 13.1. The van der Waals surface area contributed by atoms with Crippen LogP contribution in [0.2, 0.25) is 5.02 Å². The van der Waals surface area contributed by atoms with E-state index in [1.807, 2.05) is 0 Å². The normalized spacial score (nSPS) is 11.2. The third kappa shape index (κ3) is 4.30. The standard InChI is InChI=1S/C17H19ClN2O5/c1-17(2,25-13-7-5-11(18)6-8-13)15(22)24-10-12-9-14(21)20(4)16(23)19(12)3/h5-9H,10H2,1-4H3. The quantitative estimate of drug-likeness (QED) is 0.751. The average molecular weight is 367 g/mol. The van der Waals surface area contributed by atoms with Crippen LogP contribution in [0.5, 0.6) is 5.75 Å². The van der Waals surface area contributed by atoms with Crippen molar-refractivity contribution in [1.29, 1.82) is 0 Å². The van der Waals surface area contributed by atoms with Crippen molar-refractivity contribution in [3.63, 3.8) is 0 Å². The highest BCUT2D eigenvalue weighted by molar-refractivity contribution is 6.30. The number of hydrogen-bond acceptors (Lipinski definition) is 5. The van der Waals surface area contributed by atoms with E-state index in [4.69, 9.17) is 21.1 Å². The van der Waals surface area contributed by atoms with Crippen LogP contribution in [0.1, 0.15) is 19.5 Å². The van der Waals surface area contributed by atoms with Gasteiger partial charge in [0, 0.05) is 25.2 Å². The third-order valence-corrected chi connectivity index (χ3v) is 3.91. The Kier molecular flexibility index (Phi) is 5.37. The topological polar surface area (TPSA) is 79.5 Å². The Morgan fingerprint density at radius 2 is 1.72 bits per heavy atom. The predicted octanol–water partition coefficient (Wildman–Crippen LogP) is 1.64. The highest BCUT2D eigenvalue weighted by Crippen LogP contribution is 2.22. The summed E-state index contributed by atoms with van der Waals surface area (Å²) in [5.41, 5.74) is -1.92. The van der Waals surface area contributed by atoms with Crippen LogP contribution in [0.15, 0.2) is 39.9 Å². The van der Waals surface area contributed by atoms with Crippen LogP contribution in [0.4, 0.5) is 0 Å². The molecule has 2 rings (SSSR count). The molecule has 0 N–H and O–H groups in total. The van der Waals surface area contributed by atoms with E-state index < -0.39 is 22.8 Å². The van der Waals surface area contributed by atoms with Gasteiger partial charge in [0.15, 0.2) is 5.60 Å². The summed E-state index contributed by atoms with van der Waals surface area (Å²) in [6, 6.07) is 7.83. The minimum absolute atomic E-state index is 0.214. The summed E-state index contributed by atoms with van der Waals surface area (Å²) in [5, 5.41) is 0.555. The fraction of sp³-hybridized carbons (Fsp3) is 0.353. The van der Waals surface area contributed by atoms with Gasteiger partial charge in [-0.1, -0.05) is 11.6 Å². The molecule has 0 aliphatic rings. The molecule has 0 saturated carbocycles. The molecule has 2 aromatic rings. The van der Waals surface area contributed by atoms with E-state index in [0.717, 1.165) is 4.57 Å². The van der Waals surface area contributed by atoms with Crippen molar-refractivity contribution in [3.05, 3.63) is 61.9 Å². The molecule has 0 saturated heterocycles. The number of hydrogen-bond donors (Lipinski definition) is 0. The van der Waals surface area contributed by atoms with E-state index in [-0.39, 0.29) is 6.61 Å². The third-order valence-electron chi connectivity index (χ3n) is 3.65. The van der Waals surface area contributed by atoms with Gasteiger partial charge in [0.25, 0.3) is 5.56 Å². The second-order valence-corrected chi connectivity index (χ2v) is 6.45. The lowest BCUT2D eigenvalue weighted by atomic mass is 10.1. The molecule has 0 amide bonds. The molecule has 134 valence electrons. The van der Waals surface area contributed by atoms with Crippen LogP contribution in [0, 0.1) is 0 Å². The van der Waals surface area contributed by atoms with Gasteiger partial charge in [0.2, 0.25) is 0 Å². The summed E-state index contributed by atoms with van der Waals surface area (Å²) in [6.07, 6.45) is 0. The fourth-order valence-electron chi connectivity index (χ4n) is 2.07. The van der Waals surface area contributed by atoms with Crippen molar-refractivity contribution >= 4 is 17.6 Å². The first-order valence-corrected chi connectivity index (χ1v) is 7.87. The predicted molar refractivity (Wildman–Crippen MR) is 92.9 cm³/mol. The number of ether oxygens (including phenoxy) is 2. The minimum Gasteiger partial charge on any atom is -0.476 e. The maximum atomic E-state index is 12.3. The molecule has 0 aliphatic heterocycles. The van der Waals surface area contributed by atoms with Crippen LogP contribution >= 0.6 is 11.6 Å². The van der Waals surface area contributed by atoms with Gasteiger partial charge < -0.3 is 9.47 Å². The zero-order valence-corrected chi connectivity index (χ0v) is 15.2. The van der Waals surface area contributed by atoms with E-state index in [1.54, 1.807) is 38.1 Å². The lowest BCUT2D eigenvalue weighted by Crippen LogP contribution is -2.41. The number of halogens is 1. The van der Waals surface area contributed by atoms with Crippen molar-refractivity contribution in [2.24, 2.45) is 14.1 Å². The lowest BCUT2D eigenvalue weighted by Gasteiger charge is -2.24. The van der Waals surface area contributed by atoms with E-state index in [2.05, 4.69) is 0 Å². The Morgan fingerprint density at radius 3 is 2.32 bits per heavy atom. The number of aromatic nitrogens is 2. The Hall–Kier alpha value is -2.54. The molecule has 0 fully saturated rings. The lowest BCUT2D eigenvalue weighted by molar-refractivity contribution is -0.160. The van der Waals surface area contributed by atoms with Gasteiger partial charge in [-0.3, -0.25) is 13.9 Å². The molecule has 25 heavy (non-hydrogen) atoms. The Labute approximate surface area is 149 Å². The van der Waals surface area contributed by atoms with Crippen LogP contribution in [-0.4, -0.2) is 20.7 Å². The molecule has 0 radical (unpaired) electrons. The maximum Gasteiger partial charge on any atom is 0.350 e. The first kappa shape index (κ1) is 18.8. The van der Waals surface area contributed by atoms with Crippen LogP contribution in [-0.2, 0) is 30.2 Å².